The fourth-order valence-corrected chi connectivity index (χ4v) is 7.88. The Kier molecular flexibility index (Phi) is 13.4. The smallest absolute Gasteiger partial charge is 0.271 e. The topological polar surface area (TPSA) is 235 Å². The molecule has 1 aromatic carbocycles. The summed E-state index contributed by atoms with van der Waals surface area (Å²) in [6, 6.07) is 11.8. The third-order valence-corrected chi connectivity index (χ3v) is 11.0. The number of nitrogens with one attached hydrogen (secondary N) is 4. The SMILES string of the molecule is Cc1cc(Nc2nc(NC3CCCCC3)cnc2C(N)=O)sn1.Cc1cc(Nc2nc(N[C@@H]3CCCN(C(=O)c4ccc(N(C)C)cc4)C3)cnc2C(N)=O)sn1. The van der Waals surface area contributed by atoms with Crippen LogP contribution in [0.3, 0.4) is 0 Å². The van der Waals surface area contributed by atoms with Crippen molar-refractivity contribution in [2.24, 2.45) is 11.5 Å². The van der Waals surface area contributed by atoms with Gasteiger partial charge in [0.2, 0.25) is 0 Å². The Balaban J connectivity index is 0.000000208. The number of likely N-dealkylation sites (tertiary alicyclic amines) is 1. The molecule has 2 aliphatic rings. The average Bonchev–Trinajstić information content (AvgIpc) is 3.81. The summed E-state index contributed by atoms with van der Waals surface area (Å²) in [7, 11) is 3.94. The maximum Gasteiger partial charge on any atom is 0.271 e. The summed E-state index contributed by atoms with van der Waals surface area (Å²) in [6.45, 7) is 5.04. The van der Waals surface area contributed by atoms with Crippen molar-refractivity contribution in [1.82, 2.24) is 33.6 Å². The Labute approximate surface area is 339 Å². The second-order valence-electron chi connectivity index (χ2n) is 14.2. The third kappa shape index (κ3) is 11.1. The van der Waals surface area contributed by atoms with E-state index < -0.39 is 11.8 Å². The van der Waals surface area contributed by atoms with Crippen molar-refractivity contribution in [2.45, 2.75) is 70.9 Å². The molecule has 17 nitrogen and oxygen atoms in total. The predicted molar refractivity (Wildman–Crippen MR) is 225 cm³/mol. The van der Waals surface area contributed by atoms with Crippen LogP contribution in [0.2, 0.25) is 0 Å². The highest BCUT2D eigenvalue weighted by Crippen LogP contribution is 2.27. The summed E-state index contributed by atoms with van der Waals surface area (Å²) in [5, 5.41) is 14.5. The quantitative estimate of drug-likeness (QED) is 0.0888. The number of aromatic nitrogens is 6. The van der Waals surface area contributed by atoms with Crippen LogP contribution >= 0.6 is 23.1 Å². The van der Waals surface area contributed by atoms with Gasteiger partial charge >= 0.3 is 0 Å². The molecule has 1 saturated carbocycles. The lowest BCUT2D eigenvalue weighted by atomic mass is 9.96. The van der Waals surface area contributed by atoms with Crippen LogP contribution in [-0.2, 0) is 0 Å². The van der Waals surface area contributed by atoms with Crippen molar-refractivity contribution in [2.75, 3.05) is 53.4 Å². The van der Waals surface area contributed by atoms with Crippen molar-refractivity contribution >= 4 is 79.7 Å². The van der Waals surface area contributed by atoms with E-state index >= 15 is 0 Å². The molecular formula is C38H48N14O3S2. The number of aryl methyl sites for hydroxylation is 2. The van der Waals surface area contributed by atoms with Crippen LogP contribution in [0.5, 0.6) is 0 Å². The van der Waals surface area contributed by atoms with Gasteiger partial charge in [-0.05, 0) is 99.0 Å². The molecule has 3 amide bonds. The van der Waals surface area contributed by atoms with Gasteiger partial charge in [-0.25, -0.2) is 19.9 Å². The number of amides is 3. The molecule has 19 heteroatoms. The highest BCUT2D eigenvalue weighted by Gasteiger charge is 2.26. The van der Waals surface area contributed by atoms with Gasteiger partial charge in [-0.3, -0.25) is 14.4 Å². The highest BCUT2D eigenvalue weighted by atomic mass is 32.1. The van der Waals surface area contributed by atoms with Crippen LogP contribution in [0.1, 0.15) is 87.7 Å². The zero-order chi connectivity index (χ0) is 40.5. The number of piperidine rings is 1. The maximum absolute atomic E-state index is 13.0. The maximum atomic E-state index is 13.0. The third-order valence-electron chi connectivity index (χ3n) is 9.40. The zero-order valence-electron chi connectivity index (χ0n) is 32.4. The Hall–Kier alpha value is -5.95. The van der Waals surface area contributed by atoms with Crippen LogP contribution < -0.4 is 37.6 Å². The first kappa shape index (κ1) is 40.7. The van der Waals surface area contributed by atoms with Crippen molar-refractivity contribution in [3.63, 3.8) is 0 Å². The number of anilines is 7. The Bertz CT molecular complexity index is 2170. The Morgan fingerprint density at radius 1 is 0.737 bits per heavy atom. The molecule has 300 valence electrons. The minimum absolute atomic E-state index is 0.00553. The summed E-state index contributed by atoms with van der Waals surface area (Å²) < 4.78 is 8.43. The summed E-state index contributed by atoms with van der Waals surface area (Å²) in [5.41, 5.74) is 14.5. The van der Waals surface area contributed by atoms with Gasteiger partial charge in [0.1, 0.15) is 21.6 Å². The number of primary amides is 2. The number of benzene rings is 1. The summed E-state index contributed by atoms with van der Waals surface area (Å²) in [6.07, 6.45) is 10.8. The lowest BCUT2D eigenvalue weighted by Crippen LogP contribution is -2.45. The first-order chi connectivity index (χ1) is 27.4. The molecular weight excluding hydrogens is 765 g/mol. The number of hydrogen-bond donors (Lipinski definition) is 6. The molecule has 1 atom stereocenters. The molecule has 5 aromatic rings. The molecule has 0 radical (unpaired) electrons. The molecule has 2 fully saturated rings. The number of carbonyl (C=O) groups is 3. The predicted octanol–water partition coefficient (Wildman–Crippen LogP) is 5.70. The number of nitrogens with two attached hydrogens (primary N) is 2. The number of carbonyl (C=O) groups excluding carboxylic acids is 3. The lowest BCUT2D eigenvalue weighted by molar-refractivity contribution is 0.0714. The molecule has 0 unspecified atom stereocenters. The number of rotatable bonds is 12. The molecule has 8 N–H and O–H groups in total. The van der Waals surface area contributed by atoms with Gasteiger partial charge in [0.05, 0.1) is 23.8 Å². The van der Waals surface area contributed by atoms with Gasteiger partial charge in [0.15, 0.2) is 23.0 Å². The highest BCUT2D eigenvalue weighted by molar-refractivity contribution is 7.10. The van der Waals surface area contributed by atoms with E-state index in [2.05, 4.69) is 50.0 Å². The van der Waals surface area contributed by atoms with E-state index in [4.69, 9.17) is 11.5 Å². The minimum atomic E-state index is -0.669. The van der Waals surface area contributed by atoms with E-state index in [0.29, 0.717) is 42.1 Å². The molecule has 57 heavy (non-hydrogen) atoms. The van der Waals surface area contributed by atoms with E-state index in [-0.39, 0.29) is 29.2 Å². The first-order valence-corrected chi connectivity index (χ1v) is 20.3. The number of nitrogens with zero attached hydrogens (tertiary/aromatic N) is 8. The van der Waals surface area contributed by atoms with Crippen molar-refractivity contribution < 1.29 is 14.4 Å². The molecule has 1 aliphatic carbocycles. The molecule has 0 bridgehead atoms. The van der Waals surface area contributed by atoms with Crippen molar-refractivity contribution in [3.05, 3.63) is 77.1 Å². The van der Waals surface area contributed by atoms with Gasteiger partial charge in [-0.15, -0.1) is 0 Å². The van der Waals surface area contributed by atoms with Crippen LogP contribution in [0.15, 0.2) is 48.8 Å². The summed E-state index contributed by atoms with van der Waals surface area (Å²) in [5.74, 6) is 0.527. The second-order valence-corrected chi connectivity index (χ2v) is 15.8. The first-order valence-electron chi connectivity index (χ1n) is 18.8. The monoisotopic (exact) mass is 812 g/mol. The Morgan fingerprint density at radius 3 is 1.72 bits per heavy atom. The minimum Gasteiger partial charge on any atom is -0.378 e. The zero-order valence-corrected chi connectivity index (χ0v) is 34.0. The van der Waals surface area contributed by atoms with Crippen LogP contribution in [0.25, 0.3) is 0 Å². The summed E-state index contributed by atoms with van der Waals surface area (Å²) in [4.78, 5) is 57.7. The van der Waals surface area contributed by atoms with Crippen molar-refractivity contribution in [1.29, 1.82) is 0 Å². The van der Waals surface area contributed by atoms with Gasteiger partial charge in [-0.2, -0.15) is 8.75 Å². The average molecular weight is 813 g/mol. The summed E-state index contributed by atoms with van der Waals surface area (Å²) >= 11 is 2.57. The van der Waals surface area contributed by atoms with Crippen LogP contribution in [-0.4, -0.2) is 90.6 Å². The molecule has 1 saturated heterocycles. The lowest BCUT2D eigenvalue weighted by Gasteiger charge is -2.33. The fraction of sp³-hybridized carbons (Fsp3) is 0.395. The van der Waals surface area contributed by atoms with Gasteiger partial charge in [0.25, 0.3) is 17.7 Å². The van der Waals surface area contributed by atoms with Crippen LogP contribution in [0.4, 0.5) is 39.0 Å². The number of hydrogen-bond acceptors (Lipinski definition) is 16. The van der Waals surface area contributed by atoms with E-state index in [1.165, 1.54) is 48.5 Å². The van der Waals surface area contributed by atoms with Crippen LogP contribution in [0, 0.1) is 13.8 Å². The normalized spacial score (nSPS) is 15.5. The van der Waals surface area contributed by atoms with E-state index in [1.807, 2.05) is 74.1 Å². The molecule has 4 aromatic heterocycles. The van der Waals surface area contributed by atoms with Gasteiger partial charge in [0, 0.05) is 50.5 Å². The Morgan fingerprint density at radius 2 is 1.25 bits per heavy atom. The standard InChI is InChI=1S/C23H28N8O2S.C15H20N6OS/c1-14-11-19(34-29-14)28-22-20(21(24)32)25-12-18(27-22)26-16-5-4-10-31(13-16)23(33)15-6-8-17(9-7-15)30(2)3;1-9-7-12(23-21-9)20-15-13(14(16)22)17-8-11(19-15)18-10-5-3-2-4-6-10/h6-9,11-12,16H,4-5,10,13H2,1-3H3,(H2,24,32)(H2,26,27,28);7-8,10H,2-6H2,1H3,(H2,16,22)(H2,18,19,20)/t16-;/m1./s1. The van der Waals surface area contributed by atoms with E-state index in [1.54, 1.807) is 6.20 Å². The molecule has 7 rings (SSSR count). The van der Waals surface area contributed by atoms with Crippen molar-refractivity contribution in [3.8, 4) is 0 Å². The molecule has 5 heterocycles. The van der Waals surface area contributed by atoms with E-state index in [0.717, 1.165) is 52.8 Å². The molecule has 0 spiro atoms. The molecule has 1 aliphatic heterocycles. The van der Waals surface area contributed by atoms with Gasteiger partial charge in [-0.1, -0.05) is 19.3 Å². The second kappa shape index (κ2) is 18.8. The van der Waals surface area contributed by atoms with E-state index in [9.17, 15) is 14.4 Å². The fourth-order valence-electron chi connectivity index (χ4n) is 6.56. The largest absolute Gasteiger partial charge is 0.378 e. The van der Waals surface area contributed by atoms with Gasteiger partial charge < -0.3 is 42.5 Å².